The summed E-state index contributed by atoms with van der Waals surface area (Å²) in [6.45, 7) is 0. The molecule has 0 fully saturated rings. The minimum absolute atomic E-state index is 0.243. The number of halogens is 1. The zero-order valence-electron chi connectivity index (χ0n) is 12.1. The summed E-state index contributed by atoms with van der Waals surface area (Å²) < 4.78 is 24.3. The van der Waals surface area contributed by atoms with Gasteiger partial charge in [0, 0.05) is 6.07 Å². The average Bonchev–Trinajstić information content (AvgIpc) is 2.53. The Hall–Kier alpha value is -2.11. The zero-order chi connectivity index (χ0) is 15.2. The Morgan fingerprint density at radius 2 is 1.71 bits per heavy atom. The van der Waals surface area contributed by atoms with E-state index in [1.54, 1.807) is 38.5 Å². The summed E-state index contributed by atoms with van der Waals surface area (Å²) in [6, 6.07) is 11.9. The third-order valence-electron chi connectivity index (χ3n) is 3.36. The molecule has 0 amide bonds. The lowest BCUT2D eigenvalue weighted by atomic mass is 9.98. The van der Waals surface area contributed by atoms with Crippen molar-refractivity contribution in [2.24, 2.45) is 5.84 Å². The molecule has 1 unspecified atom stereocenters. The van der Waals surface area contributed by atoms with E-state index in [9.17, 15) is 4.39 Å². The zero-order valence-corrected chi connectivity index (χ0v) is 12.1. The SMILES string of the molecule is COc1cc(OC)cc(C(Cc2ccccc2F)NN)c1. The number of nitrogens with one attached hydrogen (secondary N) is 1. The van der Waals surface area contributed by atoms with Crippen molar-refractivity contribution in [3.63, 3.8) is 0 Å². The van der Waals surface area contributed by atoms with Gasteiger partial charge in [0.05, 0.1) is 20.3 Å². The lowest BCUT2D eigenvalue weighted by Crippen LogP contribution is -2.29. The molecule has 0 bridgehead atoms. The Balaban J connectivity index is 2.31. The summed E-state index contributed by atoms with van der Waals surface area (Å²) in [7, 11) is 3.17. The number of hydrogen-bond acceptors (Lipinski definition) is 4. The number of rotatable bonds is 6. The van der Waals surface area contributed by atoms with Gasteiger partial charge in [-0.1, -0.05) is 18.2 Å². The second kappa shape index (κ2) is 7.06. The fraction of sp³-hybridized carbons (Fsp3) is 0.250. The van der Waals surface area contributed by atoms with Crippen LogP contribution in [0, 0.1) is 5.82 Å². The summed E-state index contributed by atoms with van der Waals surface area (Å²) in [5.41, 5.74) is 4.19. The summed E-state index contributed by atoms with van der Waals surface area (Å²) in [5.74, 6) is 6.72. The molecule has 2 aromatic rings. The van der Waals surface area contributed by atoms with Crippen molar-refractivity contribution in [3.05, 3.63) is 59.4 Å². The molecule has 3 N–H and O–H groups in total. The van der Waals surface area contributed by atoms with Crippen LogP contribution in [-0.2, 0) is 6.42 Å². The van der Waals surface area contributed by atoms with Crippen molar-refractivity contribution in [2.45, 2.75) is 12.5 Å². The van der Waals surface area contributed by atoms with Crippen LogP contribution in [0.5, 0.6) is 11.5 Å². The molecule has 2 rings (SSSR count). The van der Waals surface area contributed by atoms with Gasteiger partial charge in [-0.25, -0.2) is 4.39 Å². The Morgan fingerprint density at radius 1 is 1.10 bits per heavy atom. The van der Waals surface area contributed by atoms with Crippen molar-refractivity contribution in [3.8, 4) is 11.5 Å². The van der Waals surface area contributed by atoms with Crippen molar-refractivity contribution >= 4 is 0 Å². The fourth-order valence-electron chi connectivity index (χ4n) is 2.19. The quantitative estimate of drug-likeness (QED) is 0.634. The van der Waals surface area contributed by atoms with E-state index in [0.29, 0.717) is 23.5 Å². The number of methoxy groups -OCH3 is 2. The molecule has 0 saturated carbocycles. The minimum Gasteiger partial charge on any atom is -0.497 e. The van der Waals surface area contributed by atoms with Crippen LogP contribution in [0.25, 0.3) is 0 Å². The molecule has 1 atom stereocenters. The lowest BCUT2D eigenvalue weighted by Gasteiger charge is -2.18. The van der Waals surface area contributed by atoms with Crippen LogP contribution in [0.4, 0.5) is 4.39 Å². The van der Waals surface area contributed by atoms with Gasteiger partial charge < -0.3 is 9.47 Å². The highest BCUT2D eigenvalue weighted by atomic mass is 19.1. The first-order valence-electron chi connectivity index (χ1n) is 6.60. The molecule has 0 saturated heterocycles. The second-order valence-corrected chi connectivity index (χ2v) is 4.66. The Bertz CT molecular complexity index is 582. The minimum atomic E-state index is -0.245. The number of benzene rings is 2. The molecule has 0 heterocycles. The number of ether oxygens (including phenoxy) is 2. The molecule has 0 spiro atoms. The van der Waals surface area contributed by atoms with E-state index in [2.05, 4.69) is 5.43 Å². The van der Waals surface area contributed by atoms with E-state index in [1.807, 2.05) is 12.1 Å². The molecular weight excluding hydrogens is 271 g/mol. The predicted molar refractivity (Wildman–Crippen MR) is 79.7 cm³/mol. The van der Waals surface area contributed by atoms with E-state index in [4.69, 9.17) is 15.3 Å². The van der Waals surface area contributed by atoms with Crippen molar-refractivity contribution in [1.29, 1.82) is 0 Å². The van der Waals surface area contributed by atoms with E-state index in [1.165, 1.54) is 6.07 Å². The molecule has 0 aliphatic carbocycles. The van der Waals surface area contributed by atoms with Gasteiger partial charge in [0.15, 0.2) is 0 Å². The highest BCUT2D eigenvalue weighted by molar-refractivity contribution is 5.40. The fourth-order valence-corrected chi connectivity index (χ4v) is 2.19. The summed E-state index contributed by atoms with van der Waals surface area (Å²) >= 11 is 0. The normalized spacial score (nSPS) is 12.0. The van der Waals surface area contributed by atoms with Gasteiger partial charge in [-0.05, 0) is 35.7 Å². The van der Waals surface area contributed by atoms with Crippen molar-refractivity contribution in [2.75, 3.05) is 14.2 Å². The van der Waals surface area contributed by atoms with Crippen LogP contribution >= 0.6 is 0 Å². The standard InChI is InChI=1S/C16H19FN2O2/c1-20-13-7-12(8-14(10-13)21-2)16(19-18)9-11-5-3-4-6-15(11)17/h3-8,10,16,19H,9,18H2,1-2H3. The summed E-state index contributed by atoms with van der Waals surface area (Å²) in [6.07, 6.45) is 0.430. The van der Waals surface area contributed by atoms with Crippen LogP contribution in [0.1, 0.15) is 17.2 Å². The van der Waals surface area contributed by atoms with Gasteiger partial charge in [-0.15, -0.1) is 0 Å². The maximum Gasteiger partial charge on any atom is 0.126 e. The summed E-state index contributed by atoms with van der Waals surface area (Å²) in [4.78, 5) is 0. The summed E-state index contributed by atoms with van der Waals surface area (Å²) in [5, 5.41) is 0. The molecule has 4 nitrogen and oxygen atoms in total. The smallest absolute Gasteiger partial charge is 0.126 e. The molecule has 0 aliphatic heterocycles. The maximum absolute atomic E-state index is 13.8. The van der Waals surface area contributed by atoms with Crippen molar-refractivity contribution < 1.29 is 13.9 Å². The van der Waals surface area contributed by atoms with Gasteiger partial charge in [-0.3, -0.25) is 11.3 Å². The van der Waals surface area contributed by atoms with E-state index < -0.39 is 0 Å². The first kappa shape index (κ1) is 15.3. The average molecular weight is 290 g/mol. The molecular formula is C16H19FN2O2. The second-order valence-electron chi connectivity index (χ2n) is 4.66. The Labute approximate surface area is 123 Å². The molecule has 2 aromatic carbocycles. The molecule has 5 heteroatoms. The lowest BCUT2D eigenvalue weighted by molar-refractivity contribution is 0.391. The predicted octanol–water partition coefficient (Wildman–Crippen LogP) is 2.59. The Morgan fingerprint density at radius 3 is 2.24 bits per heavy atom. The van der Waals surface area contributed by atoms with Gasteiger partial charge in [0.2, 0.25) is 0 Å². The van der Waals surface area contributed by atoms with Crippen LogP contribution in [-0.4, -0.2) is 14.2 Å². The van der Waals surface area contributed by atoms with Crippen LogP contribution < -0.4 is 20.7 Å². The van der Waals surface area contributed by atoms with E-state index in [-0.39, 0.29) is 11.9 Å². The van der Waals surface area contributed by atoms with Crippen molar-refractivity contribution in [1.82, 2.24) is 5.43 Å². The maximum atomic E-state index is 13.8. The molecule has 21 heavy (non-hydrogen) atoms. The largest absolute Gasteiger partial charge is 0.497 e. The first-order valence-corrected chi connectivity index (χ1v) is 6.60. The third-order valence-corrected chi connectivity index (χ3v) is 3.36. The number of hydrogen-bond donors (Lipinski definition) is 2. The molecule has 112 valence electrons. The molecule has 0 aromatic heterocycles. The Kier molecular flexibility index (Phi) is 5.14. The molecule has 0 aliphatic rings. The van der Waals surface area contributed by atoms with Gasteiger partial charge in [0.25, 0.3) is 0 Å². The third kappa shape index (κ3) is 3.71. The monoisotopic (exact) mass is 290 g/mol. The van der Waals surface area contributed by atoms with Crippen LogP contribution in [0.3, 0.4) is 0 Å². The molecule has 0 radical (unpaired) electrons. The number of hydrazine groups is 1. The van der Waals surface area contributed by atoms with Gasteiger partial charge >= 0.3 is 0 Å². The first-order chi connectivity index (χ1) is 10.2. The highest BCUT2D eigenvalue weighted by Gasteiger charge is 2.15. The van der Waals surface area contributed by atoms with Gasteiger partial charge in [0.1, 0.15) is 17.3 Å². The van der Waals surface area contributed by atoms with Crippen LogP contribution in [0.2, 0.25) is 0 Å². The van der Waals surface area contributed by atoms with Crippen LogP contribution in [0.15, 0.2) is 42.5 Å². The topological polar surface area (TPSA) is 56.5 Å². The highest BCUT2D eigenvalue weighted by Crippen LogP contribution is 2.28. The number of nitrogens with two attached hydrogens (primary N) is 1. The van der Waals surface area contributed by atoms with E-state index in [0.717, 1.165) is 5.56 Å². The van der Waals surface area contributed by atoms with Gasteiger partial charge in [-0.2, -0.15) is 0 Å². The van der Waals surface area contributed by atoms with E-state index >= 15 is 0 Å².